The van der Waals surface area contributed by atoms with E-state index in [-0.39, 0.29) is 0 Å². The van der Waals surface area contributed by atoms with Crippen molar-refractivity contribution in [3.8, 4) is 0 Å². The summed E-state index contributed by atoms with van der Waals surface area (Å²) in [4.78, 5) is 0. The van der Waals surface area contributed by atoms with E-state index in [1.807, 2.05) is 11.6 Å². The predicted molar refractivity (Wildman–Crippen MR) is 58.6 cm³/mol. The van der Waals surface area contributed by atoms with Gasteiger partial charge in [-0.15, -0.1) is 0 Å². The molecule has 0 atom stereocenters. The first kappa shape index (κ1) is 10.0. The molecule has 0 aliphatic heterocycles. The summed E-state index contributed by atoms with van der Waals surface area (Å²) in [6.45, 7) is 3.41. The van der Waals surface area contributed by atoms with Crippen LogP contribution in [0.4, 0.5) is 5.69 Å². The first-order chi connectivity index (χ1) is 7.16. The SMILES string of the molecule is Cc1c(Cl)cnn1CCn1cc(N)cn1. The second-order valence-corrected chi connectivity index (χ2v) is 3.75. The van der Waals surface area contributed by atoms with Crippen molar-refractivity contribution in [3.05, 3.63) is 29.3 Å². The van der Waals surface area contributed by atoms with Crippen molar-refractivity contribution in [2.75, 3.05) is 5.73 Å². The van der Waals surface area contributed by atoms with Gasteiger partial charge >= 0.3 is 0 Å². The van der Waals surface area contributed by atoms with Crippen molar-refractivity contribution in [1.29, 1.82) is 0 Å². The fraction of sp³-hybridized carbons (Fsp3) is 0.333. The number of aromatic nitrogens is 4. The Hall–Kier alpha value is -1.49. The topological polar surface area (TPSA) is 61.7 Å². The molecule has 2 N–H and O–H groups in total. The molecule has 2 aromatic rings. The van der Waals surface area contributed by atoms with Crippen molar-refractivity contribution in [1.82, 2.24) is 19.6 Å². The van der Waals surface area contributed by atoms with Gasteiger partial charge in [-0.2, -0.15) is 10.2 Å². The molecule has 0 aliphatic rings. The van der Waals surface area contributed by atoms with E-state index in [2.05, 4.69) is 10.2 Å². The molecule has 5 nitrogen and oxygen atoms in total. The minimum atomic E-state index is 0.671. The molecule has 80 valence electrons. The Morgan fingerprint density at radius 1 is 1.33 bits per heavy atom. The molecule has 0 saturated heterocycles. The molecule has 2 heterocycles. The highest BCUT2D eigenvalue weighted by atomic mass is 35.5. The van der Waals surface area contributed by atoms with Gasteiger partial charge in [0.25, 0.3) is 0 Å². The van der Waals surface area contributed by atoms with Crippen LogP contribution in [0, 0.1) is 6.92 Å². The van der Waals surface area contributed by atoms with Gasteiger partial charge in [-0.25, -0.2) is 0 Å². The number of hydrogen-bond acceptors (Lipinski definition) is 3. The molecule has 0 radical (unpaired) electrons. The Morgan fingerprint density at radius 2 is 2.13 bits per heavy atom. The van der Waals surface area contributed by atoms with Gasteiger partial charge in [-0.1, -0.05) is 11.6 Å². The summed E-state index contributed by atoms with van der Waals surface area (Å²) in [7, 11) is 0. The molecule has 0 fully saturated rings. The van der Waals surface area contributed by atoms with Crippen LogP contribution in [0.5, 0.6) is 0 Å². The van der Waals surface area contributed by atoms with Crippen LogP contribution in [0.15, 0.2) is 18.6 Å². The molecule has 0 unspecified atom stereocenters. The monoisotopic (exact) mass is 225 g/mol. The van der Waals surface area contributed by atoms with E-state index in [4.69, 9.17) is 17.3 Å². The third-order valence-electron chi connectivity index (χ3n) is 2.24. The molecule has 15 heavy (non-hydrogen) atoms. The zero-order valence-corrected chi connectivity index (χ0v) is 9.15. The average Bonchev–Trinajstić information content (AvgIpc) is 2.74. The highest BCUT2D eigenvalue weighted by Crippen LogP contribution is 2.13. The van der Waals surface area contributed by atoms with Crippen LogP contribution in [0.2, 0.25) is 5.02 Å². The molecule has 2 aromatic heterocycles. The van der Waals surface area contributed by atoms with Crippen LogP contribution >= 0.6 is 11.6 Å². The molecule has 0 aromatic carbocycles. The zero-order valence-electron chi connectivity index (χ0n) is 8.39. The van der Waals surface area contributed by atoms with E-state index in [9.17, 15) is 0 Å². The van der Waals surface area contributed by atoms with E-state index in [1.165, 1.54) is 0 Å². The maximum absolute atomic E-state index is 5.89. The van der Waals surface area contributed by atoms with Crippen LogP contribution in [0.1, 0.15) is 5.69 Å². The molecular weight excluding hydrogens is 214 g/mol. The lowest BCUT2D eigenvalue weighted by molar-refractivity contribution is 0.492. The summed E-state index contributed by atoms with van der Waals surface area (Å²) in [5, 5.41) is 8.92. The molecule has 2 rings (SSSR count). The Morgan fingerprint density at radius 3 is 2.67 bits per heavy atom. The van der Waals surface area contributed by atoms with E-state index < -0.39 is 0 Å². The van der Waals surface area contributed by atoms with E-state index in [0.29, 0.717) is 10.7 Å². The predicted octanol–water partition coefficient (Wildman–Crippen LogP) is 1.32. The maximum atomic E-state index is 5.89. The van der Waals surface area contributed by atoms with Gasteiger partial charge in [-0.05, 0) is 6.92 Å². The molecule has 6 heteroatoms. The van der Waals surface area contributed by atoms with Crippen molar-refractivity contribution >= 4 is 17.3 Å². The normalized spacial score (nSPS) is 10.8. The van der Waals surface area contributed by atoms with Gasteiger partial charge in [0.05, 0.1) is 41.9 Å². The molecular formula is C9H12ClN5. The van der Waals surface area contributed by atoms with Crippen LogP contribution in [-0.4, -0.2) is 19.6 Å². The lowest BCUT2D eigenvalue weighted by atomic mass is 10.5. The second kappa shape index (κ2) is 3.94. The first-order valence-electron chi connectivity index (χ1n) is 4.62. The summed E-state index contributed by atoms with van der Waals surface area (Å²) in [6, 6.07) is 0. The largest absolute Gasteiger partial charge is 0.396 e. The molecule has 0 aliphatic carbocycles. The minimum Gasteiger partial charge on any atom is -0.396 e. The summed E-state index contributed by atoms with van der Waals surface area (Å²) in [5.74, 6) is 0. The number of nitrogens with two attached hydrogens (primary N) is 1. The number of hydrogen-bond donors (Lipinski definition) is 1. The fourth-order valence-corrected chi connectivity index (χ4v) is 1.49. The van der Waals surface area contributed by atoms with Crippen LogP contribution in [0.3, 0.4) is 0 Å². The van der Waals surface area contributed by atoms with Crippen LogP contribution in [-0.2, 0) is 13.1 Å². The van der Waals surface area contributed by atoms with Crippen molar-refractivity contribution < 1.29 is 0 Å². The number of aryl methyl sites for hydroxylation is 2. The fourth-order valence-electron chi connectivity index (χ4n) is 1.35. The molecule has 0 bridgehead atoms. The van der Waals surface area contributed by atoms with Gasteiger partial charge < -0.3 is 5.73 Å². The highest BCUT2D eigenvalue weighted by molar-refractivity contribution is 6.31. The summed E-state index contributed by atoms with van der Waals surface area (Å²) < 4.78 is 3.63. The molecule has 0 saturated carbocycles. The second-order valence-electron chi connectivity index (χ2n) is 3.34. The van der Waals surface area contributed by atoms with Crippen molar-refractivity contribution in [2.24, 2.45) is 0 Å². The van der Waals surface area contributed by atoms with E-state index in [0.717, 1.165) is 18.8 Å². The number of nitrogens with zero attached hydrogens (tertiary/aromatic N) is 4. The van der Waals surface area contributed by atoms with Crippen LogP contribution in [0.25, 0.3) is 0 Å². The van der Waals surface area contributed by atoms with Gasteiger partial charge in [0, 0.05) is 6.20 Å². The number of halogens is 1. The Kier molecular flexibility index (Phi) is 2.64. The van der Waals surface area contributed by atoms with E-state index >= 15 is 0 Å². The summed E-state index contributed by atoms with van der Waals surface area (Å²) in [5.41, 5.74) is 7.20. The summed E-state index contributed by atoms with van der Waals surface area (Å²) >= 11 is 5.89. The standard InChI is InChI=1S/C9H12ClN5/c1-7-9(10)5-13-15(7)3-2-14-6-8(11)4-12-14/h4-6H,2-3,11H2,1H3. The number of rotatable bonds is 3. The quantitative estimate of drug-likeness (QED) is 0.857. The zero-order chi connectivity index (χ0) is 10.8. The Labute approximate surface area is 92.4 Å². The number of anilines is 1. The van der Waals surface area contributed by atoms with Gasteiger partial charge in [0.2, 0.25) is 0 Å². The highest BCUT2D eigenvalue weighted by Gasteiger charge is 2.03. The van der Waals surface area contributed by atoms with E-state index in [1.54, 1.807) is 23.3 Å². The summed E-state index contributed by atoms with van der Waals surface area (Å²) in [6.07, 6.45) is 5.07. The van der Waals surface area contributed by atoms with Gasteiger partial charge in [0.1, 0.15) is 0 Å². The van der Waals surface area contributed by atoms with Crippen molar-refractivity contribution in [2.45, 2.75) is 20.0 Å². The van der Waals surface area contributed by atoms with Gasteiger partial charge in [-0.3, -0.25) is 9.36 Å². The average molecular weight is 226 g/mol. The Bertz CT molecular complexity index is 459. The molecule has 0 spiro atoms. The third-order valence-corrected chi connectivity index (χ3v) is 2.61. The van der Waals surface area contributed by atoms with Crippen LogP contribution < -0.4 is 5.73 Å². The number of nitrogen functional groups attached to an aromatic ring is 1. The third kappa shape index (κ3) is 2.12. The smallest absolute Gasteiger partial charge is 0.0814 e. The minimum absolute atomic E-state index is 0.671. The Balaban J connectivity index is 2.02. The molecule has 0 amide bonds. The maximum Gasteiger partial charge on any atom is 0.0814 e. The first-order valence-corrected chi connectivity index (χ1v) is 5.00. The van der Waals surface area contributed by atoms with Gasteiger partial charge in [0.15, 0.2) is 0 Å². The lowest BCUT2D eigenvalue weighted by Crippen LogP contribution is -2.10. The van der Waals surface area contributed by atoms with Crippen molar-refractivity contribution in [3.63, 3.8) is 0 Å². The lowest BCUT2D eigenvalue weighted by Gasteiger charge is -2.04.